The molecule has 1 spiro atoms. The van der Waals surface area contributed by atoms with Gasteiger partial charge in [0.2, 0.25) is 10.0 Å². The van der Waals surface area contributed by atoms with Gasteiger partial charge in [-0.1, -0.05) is 39.5 Å². The van der Waals surface area contributed by atoms with Crippen LogP contribution in [0.5, 0.6) is 0 Å². The van der Waals surface area contributed by atoms with Gasteiger partial charge in [0, 0.05) is 24.2 Å². The van der Waals surface area contributed by atoms with E-state index in [1.807, 2.05) is 12.8 Å². The van der Waals surface area contributed by atoms with E-state index in [0.717, 1.165) is 23.6 Å². The number of hydrogen-bond donors (Lipinski definition) is 1. The van der Waals surface area contributed by atoms with E-state index in [-0.39, 0.29) is 22.6 Å². The summed E-state index contributed by atoms with van der Waals surface area (Å²) in [6, 6.07) is -0.167. The van der Waals surface area contributed by atoms with Crippen molar-refractivity contribution in [2.45, 2.75) is 65.8 Å². The number of rotatable bonds is 0. The summed E-state index contributed by atoms with van der Waals surface area (Å²) in [4.78, 5) is 21.8. The number of carbonyl (C=O) groups is 2. The van der Waals surface area contributed by atoms with E-state index in [4.69, 9.17) is 5.11 Å². The van der Waals surface area contributed by atoms with Gasteiger partial charge in [0.15, 0.2) is 0 Å². The van der Waals surface area contributed by atoms with Crippen LogP contribution in [0.4, 0.5) is 0 Å². The number of sulfonamides is 1. The smallest absolute Gasteiger partial charge is 0.381 e. The van der Waals surface area contributed by atoms with E-state index < -0.39 is 21.9 Å². The molecule has 2 saturated carbocycles. The Morgan fingerprint density at radius 1 is 1.15 bits per heavy atom. The Labute approximate surface area is 161 Å². The van der Waals surface area contributed by atoms with Gasteiger partial charge in [0.05, 0.1) is 11.8 Å². The molecule has 2 bridgehead atoms. The van der Waals surface area contributed by atoms with Gasteiger partial charge in [-0.15, -0.1) is 0 Å². The molecule has 148 valence electrons. The van der Waals surface area contributed by atoms with Crippen molar-refractivity contribution in [1.29, 1.82) is 0 Å². The molecule has 3 rings (SSSR count). The van der Waals surface area contributed by atoms with Crippen molar-refractivity contribution in [2.75, 3.05) is 5.75 Å². The van der Waals surface area contributed by atoms with Gasteiger partial charge in [0.25, 0.3) is 0 Å². The molecule has 0 aromatic carbocycles. The summed E-state index contributed by atoms with van der Waals surface area (Å²) in [6.07, 6.45) is 3.98. The lowest BCUT2D eigenvalue weighted by molar-refractivity contribution is -0.130. The number of amides is 1. The monoisotopic (exact) mass is 393 g/mol. The lowest BCUT2D eigenvalue weighted by atomic mass is 9.69. The predicted molar refractivity (Wildman–Crippen MR) is 102 cm³/mol. The minimum absolute atomic E-state index is 0.00203. The minimum atomic E-state index is -3.51. The molecule has 6 nitrogen and oxygen atoms in total. The Morgan fingerprint density at radius 3 is 2.22 bits per heavy atom. The zero-order valence-electron chi connectivity index (χ0n) is 16.3. The fraction of sp³-hybridized carbons (Fsp3) is 0.700. The van der Waals surface area contributed by atoms with Crippen LogP contribution in [-0.4, -0.2) is 41.5 Å². The molecule has 27 heavy (non-hydrogen) atoms. The van der Waals surface area contributed by atoms with Crippen LogP contribution in [0.3, 0.4) is 0 Å². The molecule has 0 radical (unpaired) electrons. The molecule has 7 heteroatoms. The van der Waals surface area contributed by atoms with Gasteiger partial charge in [-0.05, 0) is 36.5 Å². The van der Waals surface area contributed by atoms with Crippen LogP contribution in [0.2, 0.25) is 0 Å². The van der Waals surface area contributed by atoms with E-state index in [1.165, 1.54) is 0 Å². The SMILES string of the molecule is CCC#CC(=O)N1[C@H]2CC3CC[C@@]2(CS1(=O)=O)C3(C)C.CCC#CC(=O)O. The number of carboxylic acids is 1. The van der Waals surface area contributed by atoms with Crippen LogP contribution in [0.15, 0.2) is 0 Å². The first-order valence-corrected chi connectivity index (χ1v) is 10.9. The molecule has 1 heterocycles. The lowest BCUT2D eigenvalue weighted by Crippen LogP contribution is -2.43. The molecule has 0 aromatic heterocycles. The van der Waals surface area contributed by atoms with E-state index in [2.05, 4.69) is 31.6 Å². The first-order chi connectivity index (χ1) is 12.5. The summed E-state index contributed by atoms with van der Waals surface area (Å²) in [6.45, 7) is 7.99. The van der Waals surface area contributed by atoms with Crippen LogP contribution < -0.4 is 0 Å². The number of aliphatic carboxylic acids is 1. The number of carbonyl (C=O) groups excluding carboxylic acids is 1. The first-order valence-electron chi connectivity index (χ1n) is 9.30. The molecule has 0 aromatic rings. The summed E-state index contributed by atoms with van der Waals surface area (Å²) < 4.78 is 26.1. The number of carboxylic acid groups (broad SMARTS) is 1. The molecule has 1 amide bonds. The van der Waals surface area contributed by atoms with Crippen molar-refractivity contribution in [1.82, 2.24) is 4.31 Å². The van der Waals surface area contributed by atoms with Crippen LogP contribution >= 0.6 is 0 Å². The Bertz CT molecular complexity index is 852. The maximum Gasteiger partial charge on any atom is 0.381 e. The number of nitrogens with zero attached hydrogens (tertiary/aromatic N) is 1. The Morgan fingerprint density at radius 2 is 1.74 bits per heavy atom. The molecule has 3 aliphatic rings. The third kappa shape index (κ3) is 3.58. The quantitative estimate of drug-likeness (QED) is 0.637. The van der Waals surface area contributed by atoms with Crippen molar-refractivity contribution in [2.24, 2.45) is 16.7 Å². The topological polar surface area (TPSA) is 91.8 Å². The van der Waals surface area contributed by atoms with Gasteiger partial charge in [-0.2, -0.15) is 0 Å². The zero-order chi connectivity index (χ0) is 20.5. The van der Waals surface area contributed by atoms with Gasteiger partial charge in [-0.25, -0.2) is 17.5 Å². The summed E-state index contributed by atoms with van der Waals surface area (Å²) >= 11 is 0. The standard InChI is InChI=1S/C15H21NO3S.C5H6O2/c1-4-5-6-13(17)16-12-9-11-7-8-15(12,14(11,2)3)10-20(16,18)19;1-2-3-4-5(6)7/h11-12H,4,7-10H2,1-3H3;2H2,1H3,(H,6,7)/t11?,12-,15-;/m0./s1. The Hall–Kier alpha value is -1.99. The lowest BCUT2D eigenvalue weighted by Gasteiger charge is -2.36. The average Bonchev–Trinajstić information content (AvgIpc) is 3.05. The minimum Gasteiger partial charge on any atom is -0.472 e. The van der Waals surface area contributed by atoms with E-state index in [0.29, 0.717) is 18.8 Å². The normalized spacial score (nSPS) is 30.7. The van der Waals surface area contributed by atoms with E-state index >= 15 is 0 Å². The second-order valence-electron chi connectivity index (χ2n) is 7.84. The van der Waals surface area contributed by atoms with E-state index in [1.54, 1.807) is 6.92 Å². The van der Waals surface area contributed by atoms with Crippen LogP contribution in [0, 0.1) is 40.4 Å². The highest BCUT2D eigenvalue weighted by atomic mass is 32.2. The molecule has 2 aliphatic carbocycles. The Balaban J connectivity index is 0.000000321. The number of fused-ring (bicyclic) bond motifs is 1. The molecule has 3 atom stereocenters. The highest BCUT2D eigenvalue weighted by Gasteiger charge is 2.72. The van der Waals surface area contributed by atoms with Crippen molar-refractivity contribution >= 4 is 21.9 Å². The van der Waals surface area contributed by atoms with Crippen LogP contribution in [-0.2, 0) is 19.6 Å². The molecule has 1 saturated heterocycles. The molecular weight excluding hydrogens is 366 g/mol. The second kappa shape index (κ2) is 7.56. The molecular formula is C20H27NO5S. The second-order valence-corrected chi connectivity index (χ2v) is 9.68. The third-order valence-electron chi connectivity index (χ3n) is 6.36. The largest absolute Gasteiger partial charge is 0.472 e. The van der Waals surface area contributed by atoms with Crippen molar-refractivity contribution in [3.63, 3.8) is 0 Å². The van der Waals surface area contributed by atoms with Crippen LogP contribution in [0.1, 0.15) is 59.8 Å². The molecule has 1 aliphatic heterocycles. The number of hydrogen-bond acceptors (Lipinski definition) is 4. The summed E-state index contributed by atoms with van der Waals surface area (Å²) in [5, 5.41) is 7.87. The fourth-order valence-electron chi connectivity index (χ4n) is 4.94. The van der Waals surface area contributed by atoms with E-state index in [9.17, 15) is 18.0 Å². The molecule has 3 fully saturated rings. The fourth-order valence-corrected chi connectivity index (χ4v) is 7.41. The maximum absolute atomic E-state index is 12.5. The zero-order valence-corrected chi connectivity index (χ0v) is 17.1. The third-order valence-corrected chi connectivity index (χ3v) is 8.26. The summed E-state index contributed by atoms with van der Waals surface area (Å²) in [7, 11) is -3.51. The van der Waals surface area contributed by atoms with Gasteiger partial charge < -0.3 is 5.11 Å². The first kappa shape index (κ1) is 21.3. The summed E-state index contributed by atoms with van der Waals surface area (Å²) in [5.74, 6) is 8.60. The van der Waals surface area contributed by atoms with Gasteiger partial charge >= 0.3 is 11.9 Å². The van der Waals surface area contributed by atoms with Crippen molar-refractivity contribution in [3.8, 4) is 23.7 Å². The highest BCUT2D eigenvalue weighted by Crippen LogP contribution is 2.69. The van der Waals surface area contributed by atoms with Gasteiger partial charge in [0.1, 0.15) is 0 Å². The van der Waals surface area contributed by atoms with Crippen LogP contribution in [0.25, 0.3) is 0 Å². The molecule has 1 N–H and O–H groups in total. The van der Waals surface area contributed by atoms with Crippen molar-refractivity contribution in [3.05, 3.63) is 0 Å². The highest BCUT2D eigenvalue weighted by molar-refractivity contribution is 7.90. The Kier molecular flexibility index (Phi) is 5.97. The van der Waals surface area contributed by atoms with Gasteiger partial charge in [-0.3, -0.25) is 4.79 Å². The van der Waals surface area contributed by atoms with Crippen molar-refractivity contribution < 1.29 is 23.1 Å². The summed E-state index contributed by atoms with van der Waals surface area (Å²) in [5.41, 5.74) is -0.252. The average molecular weight is 394 g/mol. The predicted octanol–water partition coefficient (Wildman–Crippen LogP) is 2.25. The molecule has 1 unspecified atom stereocenters. The maximum atomic E-state index is 12.5.